The first-order valence-electron chi connectivity index (χ1n) is 8.74. The Morgan fingerprint density at radius 1 is 0.793 bits per heavy atom. The average Bonchev–Trinajstić information content (AvgIpc) is 2.96. The van der Waals surface area contributed by atoms with Gasteiger partial charge in [-0.2, -0.15) is 5.10 Å². The summed E-state index contributed by atoms with van der Waals surface area (Å²) in [5.41, 5.74) is 3.09. The molecule has 1 heterocycles. The van der Waals surface area contributed by atoms with Crippen LogP contribution >= 0.6 is 0 Å². The van der Waals surface area contributed by atoms with Crippen LogP contribution in [0.4, 0.5) is 11.4 Å². The minimum atomic E-state index is -3.88. The lowest BCUT2D eigenvalue weighted by Crippen LogP contribution is -2.16. The van der Waals surface area contributed by atoms with Crippen LogP contribution in [0.15, 0.2) is 52.3 Å². The highest BCUT2D eigenvalue weighted by Crippen LogP contribution is 2.24. The first kappa shape index (κ1) is 20.9. The molecule has 3 rings (SSSR count). The number of sulfonamides is 2. The van der Waals surface area contributed by atoms with E-state index in [-0.39, 0.29) is 21.2 Å². The molecule has 154 valence electrons. The maximum atomic E-state index is 12.7. The van der Waals surface area contributed by atoms with Crippen molar-refractivity contribution in [1.29, 1.82) is 0 Å². The van der Waals surface area contributed by atoms with E-state index in [4.69, 9.17) is 0 Å². The van der Waals surface area contributed by atoms with E-state index in [2.05, 4.69) is 19.6 Å². The molecule has 10 heteroatoms. The molecule has 0 spiro atoms. The fraction of sp³-hybridized carbons (Fsp3) is 0.211. The van der Waals surface area contributed by atoms with Gasteiger partial charge in [-0.1, -0.05) is 12.1 Å². The third-order valence-electron chi connectivity index (χ3n) is 4.48. The molecule has 0 atom stereocenters. The van der Waals surface area contributed by atoms with Crippen LogP contribution in [0, 0.1) is 27.7 Å². The first-order valence-corrected chi connectivity index (χ1v) is 11.7. The normalized spacial score (nSPS) is 12.0. The van der Waals surface area contributed by atoms with Gasteiger partial charge in [-0.3, -0.25) is 14.5 Å². The van der Waals surface area contributed by atoms with Crippen molar-refractivity contribution in [3.05, 3.63) is 65.0 Å². The van der Waals surface area contributed by atoms with Gasteiger partial charge >= 0.3 is 0 Å². The number of hydrogen-bond acceptors (Lipinski definition) is 5. The summed E-state index contributed by atoms with van der Waals surface area (Å²) < 4.78 is 55.7. The van der Waals surface area contributed by atoms with Gasteiger partial charge in [0.15, 0.2) is 0 Å². The Morgan fingerprint density at radius 2 is 1.41 bits per heavy atom. The average molecular weight is 435 g/mol. The maximum absolute atomic E-state index is 12.7. The summed E-state index contributed by atoms with van der Waals surface area (Å²) in [6.07, 6.45) is 0. The van der Waals surface area contributed by atoms with Crippen LogP contribution < -0.4 is 9.44 Å². The minimum Gasteiger partial charge on any atom is -0.281 e. The van der Waals surface area contributed by atoms with Crippen molar-refractivity contribution >= 4 is 31.4 Å². The number of nitrogens with zero attached hydrogens (tertiary/aromatic N) is 1. The van der Waals surface area contributed by atoms with Crippen molar-refractivity contribution in [3.8, 4) is 0 Å². The Bertz CT molecular complexity index is 1260. The van der Waals surface area contributed by atoms with Crippen molar-refractivity contribution < 1.29 is 16.8 Å². The summed E-state index contributed by atoms with van der Waals surface area (Å²) >= 11 is 0. The van der Waals surface area contributed by atoms with Gasteiger partial charge in [-0.15, -0.1) is 0 Å². The van der Waals surface area contributed by atoms with E-state index in [1.165, 1.54) is 18.2 Å². The number of benzene rings is 2. The molecule has 0 aliphatic heterocycles. The fourth-order valence-corrected chi connectivity index (χ4v) is 5.44. The first-order chi connectivity index (χ1) is 13.5. The van der Waals surface area contributed by atoms with Crippen molar-refractivity contribution in [2.24, 2.45) is 0 Å². The van der Waals surface area contributed by atoms with E-state index in [1.54, 1.807) is 38.1 Å². The quantitative estimate of drug-likeness (QED) is 0.550. The highest BCUT2D eigenvalue weighted by molar-refractivity contribution is 7.93. The lowest BCUT2D eigenvalue weighted by atomic mass is 10.1. The van der Waals surface area contributed by atoms with Gasteiger partial charge < -0.3 is 0 Å². The molecule has 3 N–H and O–H groups in total. The fourth-order valence-electron chi connectivity index (χ4n) is 2.88. The number of H-pyrrole nitrogens is 1. The Morgan fingerprint density at radius 3 is 1.97 bits per heavy atom. The highest BCUT2D eigenvalue weighted by atomic mass is 32.2. The van der Waals surface area contributed by atoms with Crippen LogP contribution in [-0.4, -0.2) is 27.0 Å². The molecule has 0 aliphatic rings. The molecule has 0 saturated carbocycles. The molecule has 0 amide bonds. The number of aryl methyl sites for hydroxylation is 4. The number of aromatic nitrogens is 2. The second-order valence-electron chi connectivity index (χ2n) is 6.80. The molecular formula is C19H22N4O4S2. The number of anilines is 2. The Balaban J connectivity index is 1.87. The van der Waals surface area contributed by atoms with Gasteiger partial charge in [-0.25, -0.2) is 16.8 Å². The molecule has 3 aromatic rings. The zero-order chi connectivity index (χ0) is 21.4. The molecule has 0 fully saturated rings. The monoisotopic (exact) mass is 434 g/mol. The van der Waals surface area contributed by atoms with Gasteiger partial charge in [0.2, 0.25) is 0 Å². The van der Waals surface area contributed by atoms with E-state index in [9.17, 15) is 16.8 Å². The molecular weight excluding hydrogens is 412 g/mol. The predicted octanol–water partition coefficient (Wildman–Crippen LogP) is 3.24. The molecule has 1 aromatic heterocycles. The van der Waals surface area contributed by atoms with E-state index in [1.807, 2.05) is 13.8 Å². The van der Waals surface area contributed by atoms with Crippen LogP contribution in [0.2, 0.25) is 0 Å². The molecule has 2 aromatic carbocycles. The third-order valence-corrected chi connectivity index (χ3v) is 7.51. The van der Waals surface area contributed by atoms with Gasteiger partial charge in [-0.05, 0) is 69.2 Å². The largest absolute Gasteiger partial charge is 0.281 e. The Labute approximate surface area is 170 Å². The van der Waals surface area contributed by atoms with Crippen LogP contribution in [0.3, 0.4) is 0 Å². The van der Waals surface area contributed by atoms with Gasteiger partial charge in [0.25, 0.3) is 20.0 Å². The minimum absolute atomic E-state index is 0.0682. The molecule has 0 unspecified atom stereocenters. The predicted molar refractivity (Wildman–Crippen MR) is 112 cm³/mol. The van der Waals surface area contributed by atoms with Gasteiger partial charge in [0.1, 0.15) is 4.90 Å². The molecule has 0 saturated heterocycles. The lowest BCUT2D eigenvalue weighted by Gasteiger charge is -2.12. The topological polar surface area (TPSA) is 121 Å². The summed E-state index contributed by atoms with van der Waals surface area (Å²) in [6.45, 7) is 6.94. The molecule has 0 radical (unpaired) electrons. The highest BCUT2D eigenvalue weighted by Gasteiger charge is 2.22. The van der Waals surface area contributed by atoms with Gasteiger partial charge in [0, 0.05) is 0 Å². The smallest absolute Gasteiger partial charge is 0.265 e. The zero-order valence-corrected chi connectivity index (χ0v) is 18.1. The molecule has 0 aliphatic carbocycles. The van der Waals surface area contributed by atoms with Crippen LogP contribution in [-0.2, 0) is 20.0 Å². The Kier molecular flexibility index (Phi) is 5.42. The third kappa shape index (κ3) is 4.43. The van der Waals surface area contributed by atoms with E-state index >= 15 is 0 Å². The summed E-state index contributed by atoms with van der Waals surface area (Å²) in [7, 11) is -7.69. The zero-order valence-electron chi connectivity index (χ0n) is 16.4. The van der Waals surface area contributed by atoms with E-state index in [0.717, 1.165) is 11.1 Å². The Hall–Kier alpha value is -2.85. The standard InChI is InChI=1S/C19H22N4O4S2/c1-12-8-9-18(10-13(12)2)28(24,25)22-16-6-5-7-17(11-16)23-29(26,27)19-14(3)20-21-15(19)4/h5-11,22-23H,1-4H3,(H,20,21). The summed E-state index contributed by atoms with van der Waals surface area (Å²) in [5, 5.41) is 6.54. The number of hydrogen-bond donors (Lipinski definition) is 3. The second-order valence-corrected chi connectivity index (χ2v) is 10.1. The van der Waals surface area contributed by atoms with Crippen LogP contribution in [0.5, 0.6) is 0 Å². The maximum Gasteiger partial charge on any atom is 0.265 e. The summed E-state index contributed by atoms with van der Waals surface area (Å²) in [4.78, 5) is 0.204. The molecule has 8 nitrogen and oxygen atoms in total. The molecule has 29 heavy (non-hydrogen) atoms. The van der Waals surface area contributed by atoms with Crippen molar-refractivity contribution in [2.45, 2.75) is 37.5 Å². The number of rotatable bonds is 6. The number of nitrogens with one attached hydrogen (secondary N) is 3. The van der Waals surface area contributed by atoms with Crippen molar-refractivity contribution in [1.82, 2.24) is 10.2 Å². The second kappa shape index (κ2) is 7.53. The summed E-state index contributed by atoms with van der Waals surface area (Å²) in [6, 6.07) is 10.9. The number of aromatic amines is 1. The van der Waals surface area contributed by atoms with Crippen molar-refractivity contribution in [3.63, 3.8) is 0 Å². The van der Waals surface area contributed by atoms with Crippen molar-refractivity contribution in [2.75, 3.05) is 9.44 Å². The van der Waals surface area contributed by atoms with E-state index < -0.39 is 20.0 Å². The van der Waals surface area contributed by atoms with E-state index in [0.29, 0.717) is 11.4 Å². The lowest BCUT2D eigenvalue weighted by molar-refractivity contribution is 0.599. The SMILES string of the molecule is Cc1ccc(S(=O)(=O)Nc2cccc(NS(=O)(=O)c3c(C)n[nH]c3C)c2)cc1C. The summed E-state index contributed by atoms with van der Waals surface area (Å²) in [5.74, 6) is 0. The van der Waals surface area contributed by atoms with Gasteiger partial charge in [0.05, 0.1) is 27.7 Å². The van der Waals surface area contributed by atoms with Crippen LogP contribution in [0.25, 0.3) is 0 Å². The van der Waals surface area contributed by atoms with Crippen LogP contribution in [0.1, 0.15) is 22.5 Å². The molecule has 0 bridgehead atoms.